The first-order valence-electron chi connectivity index (χ1n) is 27.6. The van der Waals surface area contributed by atoms with E-state index < -0.39 is 47.1 Å². The van der Waals surface area contributed by atoms with E-state index in [-0.39, 0.29) is 91.6 Å². The van der Waals surface area contributed by atoms with Crippen molar-refractivity contribution in [3.63, 3.8) is 0 Å². The Labute approximate surface area is 460 Å². The van der Waals surface area contributed by atoms with Gasteiger partial charge in [0.1, 0.15) is 23.7 Å². The van der Waals surface area contributed by atoms with Crippen molar-refractivity contribution in [1.82, 2.24) is 41.3 Å². The van der Waals surface area contributed by atoms with Gasteiger partial charge < -0.3 is 51.2 Å². The molecule has 0 radical (unpaired) electrons. The van der Waals surface area contributed by atoms with Gasteiger partial charge in [0.15, 0.2) is 0 Å². The van der Waals surface area contributed by atoms with E-state index in [1.54, 1.807) is 49.2 Å². The lowest BCUT2D eigenvalue weighted by atomic mass is 9.83. The number of benzene rings is 4. The lowest BCUT2D eigenvalue weighted by Crippen LogP contribution is -2.62. The summed E-state index contributed by atoms with van der Waals surface area (Å²) in [6.45, 7) is 13.2. The summed E-state index contributed by atoms with van der Waals surface area (Å²) in [5.74, 6) is -3.98. The summed E-state index contributed by atoms with van der Waals surface area (Å²) in [5.41, 5.74) is 2.97. The third kappa shape index (κ3) is 13.0. The molecule has 20 heteroatoms. The van der Waals surface area contributed by atoms with E-state index in [0.29, 0.717) is 69.0 Å². The summed E-state index contributed by atoms with van der Waals surface area (Å²) in [6, 6.07) is 20.5. The van der Waals surface area contributed by atoms with Crippen molar-refractivity contribution in [3.8, 4) is 0 Å². The molecular formula is C59H74F2N10O8. The van der Waals surface area contributed by atoms with Gasteiger partial charge in [-0.05, 0) is 124 Å². The number of rotatable bonds is 18. The molecule has 9 rings (SSSR count). The molecule has 3 fully saturated rings. The van der Waals surface area contributed by atoms with Gasteiger partial charge in [0.05, 0.1) is 36.9 Å². The Morgan fingerprint density at radius 2 is 1.61 bits per heavy atom. The minimum Gasteiger partial charge on any atom is -0.381 e. The number of hydrogen-bond acceptors (Lipinski definition) is 12. The number of ether oxygens (including phenoxy) is 2. The number of carbonyl (C=O) groups is 6. The number of nitrogens with zero attached hydrogens (tertiary/aromatic N) is 4. The molecule has 6 amide bonds. The average Bonchev–Trinajstić information content (AvgIpc) is 4.12. The second-order valence-electron chi connectivity index (χ2n) is 22.0. The maximum absolute atomic E-state index is 15.6. The minimum atomic E-state index is -1.18. The monoisotopic (exact) mass is 1090 g/mol. The quantitative estimate of drug-likeness (QED) is 0.0792. The SMILES string of the molecule is CNC(C)C(=O)NC(C(=O)N1Cc2ccccc2[C@H]1C(=O)Nc1cc(C(=O)NCCNC(=O)C2(C)CN(C(=O)CN3C[C@@H](C)NC[C@@H]3CN3CCOC[C@H]3C)c3cc(Cc4ccc(F)cc4)ccc32)ccc1F)C1CCOCC1. The molecule has 6 N–H and O–H groups in total. The molecule has 0 bridgehead atoms. The standard InChI is InChI=1S/C59H74F2N10O8/c1-36-30-69(45(29-65-36)32-68-22-25-79-34-37(68)2)33-51(72)71-35-59(4,47-16-12-40(27-50(47)71)26-39-10-14-44(60)15-11-39)58(77)64-21-20-63-55(74)42-13-17-48(61)49(28-42)66-56(75)53-46-9-7-6-8-43(46)31-70(53)57(76)52(41-18-23-78-24-19-41)67-54(73)38(3)62-5/h6-17,27-28,36-38,41,45,52-53,62,65H,18-26,29-35H2,1-5H3,(H,63,74)(H,64,77)(H,66,75)(H,67,73)/t36-,37-,38?,45-,52?,53+,59?/m1/s1. The number of morpholine rings is 1. The predicted octanol–water partition coefficient (Wildman–Crippen LogP) is 3.63. The Bertz CT molecular complexity index is 2890. The predicted molar refractivity (Wildman–Crippen MR) is 294 cm³/mol. The van der Waals surface area contributed by atoms with Crippen LogP contribution in [0.3, 0.4) is 0 Å². The van der Waals surface area contributed by atoms with Crippen LogP contribution in [-0.2, 0) is 51.8 Å². The summed E-state index contributed by atoms with van der Waals surface area (Å²) in [4.78, 5) is 92.7. The maximum atomic E-state index is 15.6. The summed E-state index contributed by atoms with van der Waals surface area (Å²) in [5, 5.41) is 17.8. The van der Waals surface area contributed by atoms with Crippen LogP contribution < -0.4 is 36.8 Å². The van der Waals surface area contributed by atoms with Gasteiger partial charge in [-0.3, -0.25) is 38.6 Å². The number of anilines is 2. The van der Waals surface area contributed by atoms with E-state index in [1.165, 1.54) is 29.2 Å². The molecular weight excluding hydrogens is 1010 g/mol. The molecule has 0 aliphatic carbocycles. The second kappa shape index (κ2) is 25.2. The minimum absolute atomic E-state index is 0.00991. The zero-order valence-corrected chi connectivity index (χ0v) is 45.7. The van der Waals surface area contributed by atoms with Gasteiger partial charge >= 0.3 is 0 Å². The number of carbonyl (C=O) groups excluding carboxylic acids is 6. The third-order valence-electron chi connectivity index (χ3n) is 16.4. The molecule has 5 aliphatic rings. The van der Waals surface area contributed by atoms with Gasteiger partial charge in [-0.15, -0.1) is 0 Å². The third-order valence-corrected chi connectivity index (χ3v) is 16.4. The molecule has 3 saturated heterocycles. The molecule has 5 heterocycles. The van der Waals surface area contributed by atoms with Crippen molar-refractivity contribution in [1.29, 1.82) is 0 Å². The lowest BCUT2D eigenvalue weighted by Gasteiger charge is -2.43. The Morgan fingerprint density at radius 3 is 2.37 bits per heavy atom. The lowest BCUT2D eigenvalue weighted by molar-refractivity contribution is -0.144. The average molecular weight is 1090 g/mol. The van der Waals surface area contributed by atoms with Crippen molar-refractivity contribution in [3.05, 3.63) is 130 Å². The van der Waals surface area contributed by atoms with E-state index in [2.05, 4.69) is 55.5 Å². The van der Waals surface area contributed by atoms with Gasteiger partial charge in [-0.25, -0.2) is 8.78 Å². The van der Waals surface area contributed by atoms with Crippen molar-refractivity contribution < 1.29 is 47.0 Å². The summed E-state index contributed by atoms with van der Waals surface area (Å²) >= 11 is 0. The van der Waals surface area contributed by atoms with Gasteiger partial charge in [0, 0.05) is 94.9 Å². The van der Waals surface area contributed by atoms with E-state index in [4.69, 9.17) is 9.47 Å². The van der Waals surface area contributed by atoms with Crippen LogP contribution in [0, 0.1) is 17.6 Å². The second-order valence-corrected chi connectivity index (χ2v) is 22.0. The van der Waals surface area contributed by atoms with Crippen molar-refractivity contribution >= 4 is 46.8 Å². The number of fused-ring (bicyclic) bond motifs is 2. The van der Waals surface area contributed by atoms with Gasteiger partial charge in [0.25, 0.3) is 11.8 Å². The molecule has 5 aliphatic heterocycles. The highest BCUT2D eigenvalue weighted by Crippen LogP contribution is 2.42. The molecule has 0 saturated carbocycles. The molecule has 4 aromatic rings. The van der Waals surface area contributed by atoms with Gasteiger partial charge in [-0.1, -0.05) is 48.5 Å². The largest absolute Gasteiger partial charge is 0.381 e. The molecule has 3 unspecified atom stereocenters. The molecule has 18 nitrogen and oxygen atoms in total. The Kier molecular flexibility index (Phi) is 18.2. The first kappa shape index (κ1) is 57.0. The Morgan fingerprint density at radius 1 is 0.861 bits per heavy atom. The highest BCUT2D eigenvalue weighted by Gasteiger charge is 2.48. The summed E-state index contributed by atoms with van der Waals surface area (Å²) < 4.78 is 40.7. The number of halogens is 2. The van der Waals surface area contributed by atoms with Crippen LogP contribution >= 0.6 is 0 Å². The topological polar surface area (TPSA) is 206 Å². The van der Waals surface area contributed by atoms with E-state index in [0.717, 1.165) is 42.4 Å². The first-order chi connectivity index (χ1) is 38.0. The van der Waals surface area contributed by atoms with E-state index >= 15 is 4.39 Å². The van der Waals surface area contributed by atoms with Crippen LogP contribution in [0.5, 0.6) is 0 Å². The summed E-state index contributed by atoms with van der Waals surface area (Å²) in [6.07, 6.45) is 1.54. The van der Waals surface area contributed by atoms with Crippen LogP contribution in [0.1, 0.15) is 84.8 Å². The zero-order chi connectivity index (χ0) is 56.0. The number of piperazine rings is 1. The van der Waals surface area contributed by atoms with Crippen LogP contribution in [0.25, 0.3) is 0 Å². The number of hydrogen-bond donors (Lipinski definition) is 6. The highest BCUT2D eigenvalue weighted by atomic mass is 19.1. The van der Waals surface area contributed by atoms with Gasteiger partial charge in [0.2, 0.25) is 23.6 Å². The van der Waals surface area contributed by atoms with Crippen molar-refractivity contribution in [2.75, 3.05) is 96.0 Å². The zero-order valence-electron chi connectivity index (χ0n) is 45.7. The number of likely N-dealkylation sites (N-methyl/N-ethyl adjacent to an activating group) is 1. The van der Waals surface area contributed by atoms with Crippen molar-refractivity contribution in [2.45, 2.75) is 95.2 Å². The van der Waals surface area contributed by atoms with E-state index in [9.17, 15) is 33.2 Å². The molecule has 7 atom stereocenters. The van der Waals surface area contributed by atoms with Crippen molar-refractivity contribution in [2.24, 2.45) is 5.92 Å². The van der Waals surface area contributed by atoms with Crippen LogP contribution in [0.4, 0.5) is 20.2 Å². The van der Waals surface area contributed by atoms with Crippen LogP contribution in [0.15, 0.2) is 84.9 Å². The fraction of sp³-hybridized carbons (Fsp3) is 0.492. The molecule has 422 valence electrons. The summed E-state index contributed by atoms with van der Waals surface area (Å²) in [7, 11) is 1.65. The normalized spacial score (nSPS) is 23.3. The first-order valence-corrected chi connectivity index (χ1v) is 27.6. The van der Waals surface area contributed by atoms with Crippen LogP contribution in [-0.4, -0.2) is 166 Å². The number of amides is 6. The maximum Gasteiger partial charge on any atom is 0.251 e. The highest BCUT2D eigenvalue weighted by molar-refractivity contribution is 6.04. The number of nitrogens with one attached hydrogen (secondary N) is 6. The molecule has 0 spiro atoms. The van der Waals surface area contributed by atoms with Crippen LogP contribution in [0.2, 0.25) is 0 Å². The molecule has 79 heavy (non-hydrogen) atoms. The Hall–Kier alpha value is -6.68. The molecule has 4 aromatic carbocycles. The molecule has 0 aromatic heterocycles. The smallest absolute Gasteiger partial charge is 0.251 e. The van der Waals surface area contributed by atoms with Gasteiger partial charge in [-0.2, -0.15) is 0 Å². The van der Waals surface area contributed by atoms with E-state index in [1.807, 2.05) is 31.2 Å². The fourth-order valence-electron chi connectivity index (χ4n) is 11.6. The Balaban J connectivity index is 0.860. The fourth-order valence-corrected chi connectivity index (χ4v) is 11.6.